The number of nitriles is 1. The third-order valence-electron chi connectivity index (χ3n) is 3.71. The van der Waals surface area contributed by atoms with Gasteiger partial charge in [0.2, 0.25) is 6.79 Å². The van der Waals surface area contributed by atoms with E-state index in [2.05, 4.69) is 6.07 Å². The van der Waals surface area contributed by atoms with E-state index >= 15 is 0 Å². The van der Waals surface area contributed by atoms with Gasteiger partial charge in [-0.3, -0.25) is 0 Å². The standard InChI is InChI=1S/C18H17NO3/c1-13-4-2-3-5-16(13)20-9-8-15(11-19)14-6-7-17-18(10-14)22-12-21-17/h2-7,10,15H,8-9,12H2,1H3. The number of para-hydroxylation sites is 1. The minimum absolute atomic E-state index is 0.224. The number of hydrogen-bond acceptors (Lipinski definition) is 4. The Morgan fingerprint density at radius 3 is 2.82 bits per heavy atom. The Kier molecular flexibility index (Phi) is 4.15. The van der Waals surface area contributed by atoms with E-state index in [0.29, 0.717) is 18.8 Å². The molecule has 0 fully saturated rings. The molecule has 2 aromatic rings. The van der Waals surface area contributed by atoms with Crippen LogP contribution in [0.2, 0.25) is 0 Å². The zero-order valence-corrected chi connectivity index (χ0v) is 12.4. The molecule has 2 aromatic carbocycles. The van der Waals surface area contributed by atoms with Gasteiger partial charge in [0.1, 0.15) is 5.75 Å². The third kappa shape index (κ3) is 2.99. The summed E-state index contributed by atoms with van der Waals surface area (Å²) >= 11 is 0. The van der Waals surface area contributed by atoms with E-state index in [-0.39, 0.29) is 12.7 Å². The van der Waals surface area contributed by atoms with Gasteiger partial charge in [-0.25, -0.2) is 0 Å². The van der Waals surface area contributed by atoms with Crippen molar-refractivity contribution >= 4 is 0 Å². The van der Waals surface area contributed by atoms with Crippen LogP contribution in [-0.4, -0.2) is 13.4 Å². The molecule has 0 saturated carbocycles. The van der Waals surface area contributed by atoms with Crippen molar-refractivity contribution in [2.45, 2.75) is 19.3 Å². The second-order valence-corrected chi connectivity index (χ2v) is 5.20. The van der Waals surface area contributed by atoms with Crippen LogP contribution < -0.4 is 14.2 Å². The lowest BCUT2D eigenvalue weighted by Gasteiger charge is -2.12. The molecule has 112 valence electrons. The first-order valence-electron chi connectivity index (χ1n) is 7.25. The largest absolute Gasteiger partial charge is 0.493 e. The van der Waals surface area contributed by atoms with Crippen LogP contribution in [0.25, 0.3) is 0 Å². The lowest BCUT2D eigenvalue weighted by atomic mass is 9.97. The molecule has 0 bridgehead atoms. The molecule has 0 aliphatic carbocycles. The van der Waals surface area contributed by atoms with Crippen molar-refractivity contribution in [3.05, 3.63) is 53.6 Å². The summed E-state index contributed by atoms with van der Waals surface area (Å²) in [7, 11) is 0. The Morgan fingerprint density at radius 2 is 2.00 bits per heavy atom. The van der Waals surface area contributed by atoms with Crippen molar-refractivity contribution in [2.75, 3.05) is 13.4 Å². The van der Waals surface area contributed by atoms with Gasteiger partial charge in [0.15, 0.2) is 11.5 Å². The van der Waals surface area contributed by atoms with Crippen LogP contribution in [0.3, 0.4) is 0 Å². The van der Waals surface area contributed by atoms with E-state index in [1.165, 1.54) is 0 Å². The maximum atomic E-state index is 9.40. The fraction of sp³-hybridized carbons (Fsp3) is 0.278. The number of fused-ring (bicyclic) bond motifs is 1. The molecule has 1 atom stereocenters. The molecule has 22 heavy (non-hydrogen) atoms. The van der Waals surface area contributed by atoms with Gasteiger partial charge < -0.3 is 14.2 Å². The first kappa shape index (κ1) is 14.3. The number of hydrogen-bond donors (Lipinski definition) is 0. The van der Waals surface area contributed by atoms with Crippen LogP contribution in [0.5, 0.6) is 17.2 Å². The van der Waals surface area contributed by atoms with E-state index < -0.39 is 0 Å². The molecule has 1 unspecified atom stereocenters. The first-order chi connectivity index (χ1) is 10.8. The zero-order valence-electron chi connectivity index (χ0n) is 12.4. The molecule has 0 radical (unpaired) electrons. The van der Waals surface area contributed by atoms with Crippen LogP contribution in [0.4, 0.5) is 0 Å². The number of aryl methyl sites for hydroxylation is 1. The van der Waals surface area contributed by atoms with Gasteiger partial charge in [0, 0.05) is 6.42 Å². The molecule has 0 aromatic heterocycles. The van der Waals surface area contributed by atoms with Gasteiger partial charge in [-0.15, -0.1) is 0 Å². The molecule has 0 amide bonds. The predicted octanol–water partition coefficient (Wildman–Crippen LogP) is 3.80. The molecule has 1 heterocycles. The highest BCUT2D eigenvalue weighted by molar-refractivity contribution is 5.46. The molecule has 4 nitrogen and oxygen atoms in total. The molecule has 3 rings (SSSR count). The molecular formula is C18H17NO3. The second-order valence-electron chi connectivity index (χ2n) is 5.20. The Morgan fingerprint density at radius 1 is 1.18 bits per heavy atom. The van der Waals surface area contributed by atoms with E-state index in [0.717, 1.165) is 22.6 Å². The van der Waals surface area contributed by atoms with Crippen molar-refractivity contribution in [1.29, 1.82) is 5.26 Å². The quantitative estimate of drug-likeness (QED) is 0.842. The third-order valence-corrected chi connectivity index (χ3v) is 3.71. The summed E-state index contributed by atoms with van der Waals surface area (Å²) < 4.78 is 16.4. The minimum Gasteiger partial charge on any atom is -0.493 e. The molecule has 1 aliphatic rings. The fourth-order valence-corrected chi connectivity index (χ4v) is 2.44. The van der Waals surface area contributed by atoms with Gasteiger partial charge in [-0.1, -0.05) is 24.3 Å². The van der Waals surface area contributed by atoms with Gasteiger partial charge in [-0.05, 0) is 36.2 Å². The Labute approximate surface area is 129 Å². The van der Waals surface area contributed by atoms with Crippen molar-refractivity contribution in [2.24, 2.45) is 0 Å². The summed E-state index contributed by atoms with van der Waals surface area (Å²) in [6, 6.07) is 15.9. The summed E-state index contributed by atoms with van der Waals surface area (Å²) in [5.74, 6) is 2.08. The van der Waals surface area contributed by atoms with E-state index in [9.17, 15) is 5.26 Å². The predicted molar refractivity (Wildman–Crippen MR) is 82.2 cm³/mol. The van der Waals surface area contributed by atoms with Crippen LogP contribution in [0, 0.1) is 18.3 Å². The van der Waals surface area contributed by atoms with Crippen molar-refractivity contribution in [3.8, 4) is 23.3 Å². The topological polar surface area (TPSA) is 51.5 Å². The highest BCUT2D eigenvalue weighted by Gasteiger charge is 2.18. The zero-order chi connectivity index (χ0) is 15.4. The number of nitrogens with zero attached hydrogens (tertiary/aromatic N) is 1. The van der Waals surface area contributed by atoms with Gasteiger partial charge in [0.05, 0.1) is 18.6 Å². The molecule has 1 aliphatic heterocycles. The summed E-state index contributed by atoms with van der Waals surface area (Å²) in [6.45, 7) is 2.75. The van der Waals surface area contributed by atoms with Crippen molar-refractivity contribution < 1.29 is 14.2 Å². The first-order valence-corrected chi connectivity index (χ1v) is 7.25. The van der Waals surface area contributed by atoms with Crippen molar-refractivity contribution in [3.63, 3.8) is 0 Å². The molecule has 4 heteroatoms. The van der Waals surface area contributed by atoms with Crippen LogP contribution >= 0.6 is 0 Å². The Hall–Kier alpha value is -2.67. The SMILES string of the molecule is Cc1ccccc1OCCC(C#N)c1ccc2c(c1)OCO2. The van der Waals surface area contributed by atoms with E-state index in [1.54, 1.807) is 0 Å². The Bertz CT molecular complexity index is 706. The number of rotatable bonds is 5. The summed E-state index contributed by atoms with van der Waals surface area (Å²) in [6.07, 6.45) is 0.629. The average Bonchev–Trinajstić information content (AvgIpc) is 3.01. The van der Waals surface area contributed by atoms with Gasteiger partial charge >= 0.3 is 0 Å². The minimum atomic E-state index is -0.224. The number of ether oxygens (including phenoxy) is 3. The lowest BCUT2D eigenvalue weighted by Crippen LogP contribution is -2.05. The normalized spacial score (nSPS) is 13.5. The maximum Gasteiger partial charge on any atom is 0.231 e. The average molecular weight is 295 g/mol. The van der Waals surface area contributed by atoms with E-state index in [1.807, 2.05) is 49.4 Å². The highest BCUT2D eigenvalue weighted by Crippen LogP contribution is 2.35. The molecule has 0 N–H and O–H groups in total. The van der Waals surface area contributed by atoms with Crippen LogP contribution in [0.15, 0.2) is 42.5 Å². The molecule has 0 spiro atoms. The van der Waals surface area contributed by atoms with Crippen LogP contribution in [-0.2, 0) is 0 Å². The summed E-state index contributed by atoms with van der Waals surface area (Å²) in [4.78, 5) is 0. The Balaban J connectivity index is 1.63. The molecular weight excluding hydrogens is 278 g/mol. The van der Waals surface area contributed by atoms with E-state index in [4.69, 9.17) is 14.2 Å². The fourth-order valence-electron chi connectivity index (χ4n) is 2.44. The monoisotopic (exact) mass is 295 g/mol. The summed E-state index contributed by atoms with van der Waals surface area (Å²) in [5, 5.41) is 9.40. The van der Waals surface area contributed by atoms with Crippen molar-refractivity contribution in [1.82, 2.24) is 0 Å². The highest BCUT2D eigenvalue weighted by atomic mass is 16.7. The van der Waals surface area contributed by atoms with Gasteiger partial charge in [0.25, 0.3) is 0 Å². The molecule has 0 saturated heterocycles. The lowest BCUT2D eigenvalue weighted by molar-refractivity contribution is 0.174. The summed E-state index contributed by atoms with van der Waals surface area (Å²) in [5.41, 5.74) is 2.03. The maximum absolute atomic E-state index is 9.40. The second kappa shape index (κ2) is 6.40. The van der Waals surface area contributed by atoms with Crippen LogP contribution in [0.1, 0.15) is 23.5 Å². The number of benzene rings is 2. The van der Waals surface area contributed by atoms with Gasteiger partial charge in [-0.2, -0.15) is 5.26 Å². The smallest absolute Gasteiger partial charge is 0.231 e.